The van der Waals surface area contributed by atoms with Crippen molar-refractivity contribution in [1.82, 2.24) is 5.32 Å². The fourth-order valence-corrected chi connectivity index (χ4v) is 4.25. The number of nitrogens with one attached hydrogen (secondary N) is 1. The topological polar surface area (TPSA) is 12.0 Å². The van der Waals surface area contributed by atoms with Crippen molar-refractivity contribution in [2.24, 2.45) is 0 Å². The maximum atomic E-state index is 6.21. The van der Waals surface area contributed by atoms with Gasteiger partial charge in [-0.2, -0.15) is 0 Å². The van der Waals surface area contributed by atoms with Gasteiger partial charge < -0.3 is 5.32 Å². The van der Waals surface area contributed by atoms with Gasteiger partial charge in [-0.25, -0.2) is 0 Å². The van der Waals surface area contributed by atoms with Crippen LogP contribution in [-0.2, 0) is 0 Å². The highest BCUT2D eigenvalue weighted by Gasteiger charge is 2.19. The first kappa shape index (κ1) is 14.1. The van der Waals surface area contributed by atoms with Crippen molar-refractivity contribution in [3.8, 4) is 0 Å². The third kappa shape index (κ3) is 2.64. The van der Waals surface area contributed by atoms with Gasteiger partial charge in [-0.3, -0.25) is 0 Å². The Kier molecular flexibility index (Phi) is 4.49. The second-order valence-electron chi connectivity index (χ2n) is 4.24. The van der Waals surface area contributed by atoms with Gasteiger partial charge in [0, 0.05) is 19.2 Å². The van der Waals surface area contributed by atoms with Gasteiger partial charge >= 0.3 is 0 Å². The Balaban J connectivity index is 2.52. The van der Waals surface area contributed by atoms with E-state index in [0.29, 0.717) is 0 Å². The fraction of sp³-hybridized carbons (Fsp3) is 0.286. The molecule has 0 radical (unpaired) electrons. The number of hydrogen-bond donors (Lipinski definition) is 1. The van der Waals surface area contributed by atoms with Gasteiger partial charge in [0.2, 0.25) is 0 Å². The fourth-order valence-electron chi connectivity index (χ4n) is 2.06. The molecular formula is C14H15BrClNS. The van der Waals surface area contributed by atoms with Gasteiger partial charge in [-0.15, -0.1) is 11.3 Å². The summed E-state index contributed by atoms with van der Waals surface area (Å²) in [7, 11) is 1.98. The van der Waals surface area contributed by atoms with E-state index in [1.165, 1.54) is 15.3 Å². The smallest absolute Gasteiger partial charge is 0.0683 e. The normalized spacial score (nSPS) is 12.7. The van der Waals surface area contributed by atoms with Crippen molar-refractivity contribution in [2.75, 3.05) is 7.05 Å². The van der Waals surface area contributed by atoms with E-state index in [1.54, 1.807) is 11.3 Å². The van der Waals surface area contributed by atoms with Crippen LogP contribution in [0.15, 0.2) is 28.7 Å². The predicted octanol–water partition coefficient (Wildman–Crippen LogP) is 5.09. The maximum Gasteiger partial charge on any atom is 0.0683 e. The van der Waals surface area contributed by atoms with Crippen LogP contribution in [0.1, 0.15) is 26.9 Å². The molecule has 0 fully saturated rings. The first-order valence-corrected chi connectivity index (χ1v) is 7.71. The van der Waals surface area contributed by atoms with Crippen LogP contribution in [0, 0.1) is 13.8 Å². The predicted molar refractivity (Wildman–Crippen MR) is 83.8 cm³/mol. The summed E-state index contributed by atoms with van der Waals surface area (Å²) in [4.78, 5) is 2.59. The summed E-state index contributed by atoms with van der Waals surface area (Å²) in [6, 6.07) is 8.40. The number of benzene rings is 1. The SMILES string of the molecule is CNC(c1cccc(Cl)c1C)c1sc(C)cc1Br. The van der Waals surface area contributed by atoms with E-state index in [9.17, 15) is 0 Å². The second-order valence-corrected chi connectivity index (χ2v) is 6.79. The zero-order valence-corrected chi connectivity index (χ0v) is 13.7. The molecule has 4 heteroatoms. The highest BCUT2D eigenvalue weighted by molar-refractivity contribution is 9.10. The van der Waals surface area contributed by atoms with Gasteiger partial charge in [0.1, 0.15) is 0 Å². The summed E-state index contributed by atoms with van der Waals surface area (Å²) >= 11 is 11.7. The number of thiophene rings is 1. The van der Waals surface area contributed by atoms with Crippen LogP contribution in [-0.4, -0.2) is 7.05 Å². The molecule has 0 aliphatic heterocycles. The third-order valence-electron chi connectivity index (χ3n) is 3.01. The van der Waals surface area contributed by atoms with Crippen LogP contribution in [0.3, 0.4) is 0 Å². The Morgan fingerprint density at radius 3 is 2.61 bits per heavy atom. The van der Waals surface area contributed by atoms with Gasteiger partial charge in [0.15, 0.2) is 0 Å². The van der Waals surface area contributed by atoms with E-state index in [2.05, 4.69) is 47.2 Å². The van der Waals surface area contributed by atoms with Crippen LogP contribution in [0.25, 0.3) is 0 Å². The van der Waals surface area contributed by atoms with Crippen molar-refractivity contribution in [3.63, 3.8) is 0 Å². The Morgan fingerprint density at radius 1 is 1.33 bits per heavy atom. The van der Waals surface area contributed by atoms with Crippen LogP contribution in [0.5, 0.6) is 0 Å². The average molecular weight is 345 g/mol. The van der Waals surface area contributed by atoms with Crippen LogP contribution in [0.4, 0.5) is 0 Å². The highest BCUT2D eigenvalue weighted by atomic mass is 79.9. The lowest BCUT2D eigenvalue weighted by molar-refractivity contribution is 0.697. The van der Waals surface area contributed by atoms with E-state index < -0.39 is 0 Å². The highest BCUT2D eigenvalue weighted by Crippen LogP contribution is 2.37. The van der Waals surface area contributed by atoms with Crippen molar-refractivity contribution in [2.45, 2.75) is 19.9 Å². The van der Waals surface area contributed by atoms with Crippen molar-refractivity contribution < 1.29 is 0 Å². The first-order valence-electron chi connectivity index (χ1n) is 5.72. The molecular weight excluding hydrogens is 330 g/mol. The number of aryl methyl sites for hydroxylation is 1. The molecule has 1 atom stereocenters. The van der Waals surface area contributed by atoms with E-state index in [0.717, 1.165) is 15.1 Å². The van der Waals surface area contributed by atoms with Gasteiger partial charge in [-0.1, -0.05) is 23.7 Å². The summed E-state index contributed by atoms with van der Waals surface area (Å²) in [6.07, 6.45) is 0. The zero-order valence-electron chi connectivity index (χ0n) is 10.6. The summed E-state index contributed by atoms with van der Waals surface area (Å²) in [6.45, 7) is 4.19. The van der Waals surface area contributed by atoms with Crippen LogP contribution >= 0.6 is 38.9 Å². The minimum absolute atomic E-state index is 0.178. The van der Waals surface area contributed by atoms with Crippen molar-refractivity contribution in [3.05, 3.63) is 54.6 Å². The van der Waals surface area contributed by atoms with Crippen molar-refractivity contribution >= 4 is 38.9 Å². The van der Waals surface area contributed by atoms with E-state index in [4.69, 9.17) is 11.6 Å². The van der Waals surface area contributed by atoms with Gasteiger partial charge in [0.05, 0.1) is 6.04 Å². The second kappa shape index (κ2) is 5.74. The van der Waals surface area contributed by atoms with Crippen LogP contribution < -0.4 is 5.32 Å². The Hall–Kier alpha value is -0.350. The lowest BCUT2D eigenvalue weighted by Crippen LogP contribution is -2.18. The number of rotatable bonds is 3. The molecule has 0 aliphatic rings. The average Bonchev–Trinajstić information content (AvgIpc) is 2.65. The molecule has 1 unspecified atom stereocenters. The molecule has 18 heavy (non-hydrogen) atoms. The molecule has 0 saturated carbocycles. The minimum Gasteiger partial charge on any atom is -0.309 e. The molecule has 1 aromatic heterocycles. The molecule has 1 aromatic carbocycles. The first-order chi connectivity index (χ1) is 8.54. The van der Waals surface area contributed by atoms with Gasteiger partial charge in [-0.05, 0) is 60.1 Å². The summed E-state index contributed by atoms with van der Waals surface area (Å²) < 4.78 is 1.16. The zero-order chi connectivity index (χ0) is 13.3. The molecule has 0 aliphatic carbocycles. The quantitative estimate of drug-likeness (QED) is 0.818. The van der Waals surface area contributed by atoms with Gasteiger partial charge in [0.25, 0.3) is 0 Å². The molecule has 1 heterocycles. The molecule has 1 N–H and O–H groups in total. The molecule has 2 aromatic rings. The van der Waals surface area contributed by atoms with E-state index in [1.807, 2.05) is 19.2 Å². The maximum absolute atomic E-state index is 6.21. The minimum atomic E-state index is 0.178. The Morgan fingerprint density at radius 2 is 2.06 bits per heavy atom. The molecule has 96 valence electrons. The van der Waals surface area contributed by atoms with Crippen LogP contribution in [0.2, 0.25) is 5.02 Å². The summed E-state index contributed by atoms with van der Waals surface area (Å²) in [5, 5.41) is 4.20. The third-order valence-corrected chi connectivity index (χ3v) is 5.45. The van der Waals surface area contributed by atoms with E-state index >= 15 is 0 Å². The molecule has 0 amide bonds. The number of hydrogen-bond acceptors (Lipinski definition) is 2. The lowest BCUT2D eigenvalue weighted by Gasteiger charge is -2.19. The monoisotopic (exact) mass is 343 g/mol. The Bertz CT molecular complexity index is 565. The van der Waals surface area contributed by atoms with E-state index in [-0.39, 0.29) is 6.04 Å². The molecule has 0 bridgehead atoms. The summed E-state index contributed by atoms with van der Waals surface area (Å²) in [5.41, 5.74) is 2.36. The Labute approximate surface area is 125 Å². The molecule has 0 saturated heterocycles. The molecule has 1 nitrogen and oxygen atoms in total. The lowest BCUT2D eigenvalue weighted by atomic mass is 10.00. The number of halogens is 2. The summed E-state index contributed by atoms with van der Waals surface area (Å²) in [5.74, 6) is 0. The largest absolute Gasteiger partial charge is 0.309 e. The molecule has 0 spiro atoms. The standard InChI is InChI=1S/C14H15BrClNS/c1-8-7-11(15)14(18-8)13(17-3)10-5-4-6-12(16)9(10)2/h4-7,13,17H,1-3H3. The molecule has 2 rings (SSSR count). The van der Waals surface area contributed by atoms with Crippen molar-refractivity contribution in [1.29, 1.82) is 0 Å².